The number of carboxylic acids is 1. The molecule has 0 aliphatic carbocycles. The summed E-state index contributed by atoms with van der Waals surface area (Å²) in [4.78, 5) is 46.6. The van der Waals surface area contributed by atoms with Gasteiger partial charge in [-0.3, -0.25) is 14.4 Å². The average molecular weight is 506 g/mol. The Morgan fingerprint density at radius 3 is 2.23 bits per heavy atom. The van der Waals surface area contributed by atoms with Crippen molar-refractivity contribution in [3.8, 4) is 0 Å². The summed E-state index contributed by atoms with van der Waals surface area (Å²) in [6, 6.07) is 0. The molecule has 0 aromatic rings. The van der Waals surface area contributed by atoms with Crippen molar-refractivity contribution in [2.75, 3.05) is 13.7 Å². The standard InChI is InChI=1S/C21H30O14/c1-8(33-10(3)23)15-11(5-14(24)25)12(19(29)30-4)6-32-20(15)35-21-18(28)17(27)16(26)13(34-21)7-31-9(2)22/h6,8,11,13,15-18,20-21,26-28H,5,7H2,1-4H3,(H,24,25)/t8-,11-,13-,15-,16-,17+,18-,20-,21+/m1/s1. The normalized spacial score (nSPS) is 33.5. The third-order valence-corrected chi connectivity index (χ3v) is 5.60. The number of aliphatic hydroxyl groups excluding tert-OH is 3. The number of hydrogen-bond acceptors (Lipinski definition) is 13. The van der Waals surface area contributed by atoms with E-state index < -0.39 is 91.8 Å². The molecule has 14 nitrogen and oxygen atoms in total. The van der Waals surface area contributed by atoms with Gasteiger partial charge in [0, 0.05) is 19.8 Å². The van der Waals surface area contributed by atoms with Crippen molar-refractivity contribution in [3.63, 3.8) is 0 Å². The Labute approximate surface area is 200 Å². The summed E-state index contributed by atoms with van der Waals surface area (Å²) < 4.78 is 31.4. The molecule has 0 aromatic heterocycles. The molecule has 0 spiro atoms. The van der Waals surface area contributed by atoms with Crippen LogP contribution >= 0.6 is 0 Å². The van der Waals surface area contributed by atoms with Gasteiger partial charge in [0.15, 0.2) is 6.29 Å². The minimum atomic E-state index is -1.80. The highest BCUT2D eigenvalue weighted by Gasteiger charge is 2.50. The highest BCUT2D eigenvalue weighted by Crippen LogP contribution is 2.39. The van der Waals surface area contributed by atoms with Crippen molar-refractivity contribution in [1.29, 1.82) is 0 Å². The zero-order valence-corrected chi connectivity index (χ0v) is 19.6. The third-order valence-electron chi connectivity index (χ3n) is 5.60. The van der Waals surface area contributed by atoms with Crippen LogP contribution < -0.4 is 0 Å². The second-order valence-corrected chi connectivity index (χ2v) is 8.12. The molecule has 0 radical (unpaired) electrons. The second-order valence-electron chi connectivity index (χ2n) is 8.12. The number of methoxy groups -OCH3 is 1. The molecular weight excluding hydrogens is 476 g/mol. The fourth-order valence-electron chi connectivity index (χ4n) is 3.98. The van der Waals surface area contributed by atoms with Crippen LogP contribution in [0.3, 0.4) is 0 Å². The fourth-order valence-corrected chi connectivity index (χ4v) is 3.98. The predicted molar refractivity (Wildman–Crippen MR) is 110 cm³/mol. The van der Waals surface area contributed by atoms with Gasteiger partial charge in [-0.2, -0.15) is 0 Å². The van der Waals surface area contributed by atoms with E-state index in [9.17, 15) is 39.6 Å². The van der Waals surface area contributed by atoms with Gasteiger partial charge in [-0.25, -0.2) is 4.79 Å². The van der Waals surface area contributed by atoms with Crippen LogP contribution in [0.4, 0.5) is 0 Å². The first-order valence-corrected chi connectivity index (χ1v) is 10.7. The van der Waals surface area contributed by atoms with Crippen LogP contribution in [0.2, 0.25) is 0 Å². The molecule has 9 atom stereocenters. The van der Waals surface area contributed by atoms with Gasteiger partial charge >= 0.3 is 23.9 Å². The summed E-state index contributed by atoms with van der Waals surface area (Å²) in [5.41, 5.74) is -0.146. The Hall–Kier alpha value is -2.78. The molecule has 198 valence electrons. The molecule has 0 aromatic carbocycles. The molecule has 0 unspecified atom stereocenters. The summed E-state index contributed by atoms with van der Waals surface area (Å²) in [6.07, 6.45) is -10.3. The van der Waals surface area contributed by atoms with Crippen LogP contribution in [0.15, 0.2) is 11.8 Å². The first-order chi connectivity index (χ1) is 16.4. The monoisotopic (exact) mass is 506 g/mol. The zero-order valence-electron chi connectivity index (χ0n) is 19.6. The molecule has 2 heterocycles. The lowest BCUT2D eigenvalue weighted by atomic mass is 9.78. The lowest BCUT2D eigenvalue weighted by Crippen LogP contribution is -2.61. The maximum atomic E-state index is 12.3. The van der Waals surface area contributed by atoms with Gasteiger partial charge in [-0.15, -0.1) is 0 Å². The molecule has 2 aliphatic rings. The van der Waals surface area contributed by atoms with E-state index in [0.717, 1.165) is 27.2 Å². The number of carbonyl (C=O) groups is 4. The largest absolute Gasteiger partial charge is 0.481 e. The second kappa shape index (κ2) is 12.3. The molecule has 2 rings (SSSR count). The van der Waals surface area contributed by atoms with Gasteiger partial charge in [-0.1, -0.05) is 0 Å². The highest BCUT2D eigenvalue weighted by atomic mass is 16.8. The first kappa shape index (κ1) is 28.5. The summed E-state index contributed by atoms with van der Waals surface area (Å²) in [7, 11) is 1.09. The molecular formula is C21H30O14. The molecule has 4 N–H and O–H groups in total. The Bertz CT molecular complexity index is 825. The van der Waals surface area contributed by atoms with Gasteiger partial charge in [0.05, 0.1) is 31.3 Å². The average Bonchev–Trinajstić information content (AvgIpc) is 2.77. The summed E-state index contributed by atoms with van der Waals surface area (Å²) >= 11 is 0. The number of aliphatic hydroxyl groups is 3. The van der Waals surface area contributed by atoms with Crippen molar-refractivity contribution in [2.24, 2.45) is 11.8 Å². The van der Waals surface area contributed by atoms with Gasteiger partial charge in [0.1, 0.15) is 37.1 Å². The topological polar surface area (TPSA) is 205 Å². The zero-order chi connectivity index (χ0) is 26.4. The van der Waals surface area contributed by atoms with Gasteiger partial charge < -0.3 is 48.8 Å². The van der Waals surface area contributed by atoms with Crippen LogP contribution in [0.1, 0.15) is 27.2 Å². The molecule has 2 aliphatic heterocycles. The lowest BCUT2D eigenvalue weighted by molar-refractivity contribution is -0.345. The van der Waals surface area contributed by atoms with Gasteiger partial charge in [-0.05, 0) is 6.92 Å². The van der Waals surface area contributed by atoms with Crippen LogP contribution in [0.25, 0.3) is 0 Å². The van der Waals surface area contributed by atoms with Crippen molar-refractivity contribution in [1.82, 2.24) is 0 Å². The van der Waals surface area contributed by atoms with E-state index in [2.05, 4.69) is 0 Å². The molecule has 0 amide bonds. The maximum Gasteiger partial charge on any atom is 0.337 e. The number of carbonyl (C=O) groups excluding carboxylic acids is 3. The number of rotatable bonds is 9. The minimum absolute atomic E-state index is 0.146. The maximum absolute atomic E-state index is 12.3. The lowest BCUT2D eigenvalue weighted by Gasteiger charge is -2.44. The van der Waals surface area contributed by atoms with E-state index in [0.29, 0.717) is 0 Å². The van der Waals surface area contributed by atoms with E-state index in [-0.39, 0.29) is 5.57 Å². The first-order valence-electron chi connectivity index (χ1n) is 10.7. The Kier molecular flexibility index (Phi) is 9.97. The fraction of sp³-hybridized carbons (Fsp3) is 0.714. The molecule has 1 fully saturated rings. The molecule has 14 heteroatoms. The van der Waals surface area contributed by atoms with E-state index >= 15 is 0 Å². The Morgan fingerprint density at radius 2 is 1.69 bits per heavy atom. The highest BCUT2D eigenvalue weighted by molar-refractivity contribution is 5.89. The van der Waals surface area contributed by atoms with Crippen LogP contribution in [-0.2, 0) is 47.6 Å². The smallest absolute Gasteiger partial charge is 0.337 e. The predicted octanol–water partition coefficient (Wildman–Crippen LogP) is -1.55. The Morgan fingerprint density at radius 1 is 1.03 bits per heavy atom. The van der Waals surface area contributed by atoms with E-state index in [4.69, 9.17) is 28.4 Å². The van der Waals surface area contributed by atoms with Crippen LogP contribution in [0, 0.1) is 11.8 Å². The van der Waals surface area contributed by atoms with Crippen LogP contribution in [-0.4, -0.2) is 101 Å². The minimum Gasteiger partial charge on any atom is -0.481 e. The third kappa shape index (κ3) is 7.11. The van der Waals surface area contributed by atoms with Gasteiger partial charge in [0.25, 0.3) is 0 Å². The quantitative estimate of drug-likeness (QED) is 0.206. The summed E-state index contributed by atoms with van der Waals surface area (Å²) in [5.74, 6) is -5.75. The van der Waals surface area contributed by atoms with E-state index in [1.165, 1.54) is 6.92 Å². The van der Waals surface area contributed by atoms with Crippen molar-refractivity contribution >= 4 is 23.9 Å². The number of esters is 3. The van der Waals surface area contributed by atoms with E-state index in [1.54, 1.807) is 0 Å². The molecule has 35 heavy (non-hydrogen) atoms. The number of aliphatic carboxylic acids is 1. The molecule has 0 saturated carbocycles. The number of hydrogen-bond donors (Lipinski definition) is 4. The number of ether oxygens (including phenoxy) is 6. The van der Waals surface area contributed by atoms with Crippen molar-refractivity contribution in [3.05, 3.63) is 11.8 Å². The van der Waals surface area contributed by atoms with Crippen molar-refractivity contribution < 1.29 is 68.0 Å². The van der Waals surface area contributed by atoms with Crippen molar-refractivity contribution in [2.45, 2.75) is 70.3 Å². The summed E-state index contributed by atoms with van der Waals surface area (Å²) in [5, 5.41) is 40.2. The SMILES string of the molecule is COC(=O)C1=CO[C@H](O[C@@H]2O[C@H](COC(C)=O)[C@@H](O)[C@H](O)[C@H]2O)[C@H]([C@@H](C)OC(C)=O)[C@@H]1CC(=O)O. The number of carboxylic acid groups (broad SMARTS) is 1. The van der Waals surface area contributed by atoms with Crippen LogP contribution in [0.5, 0.6) is 0 Å². The van der Waals surface area contributed by atoms with E-state index in [1.807, 2.05) is 0 Å². The Balaban J connectivity index is 2.37. The summed E-state index contributed by atoms with van der Waals surface area (Å²) in [6.45, 7) is 3.22. The molecule has 0 bridgehead atoms. The van der Waals surface area contributed by atoms with Gasteiger partial charge in [0.2, 0.25) is 6.29 Å². The molecule has 1 saturated heterocycles.